The first-order chi connectivity index (χ1) is 12.0. The molecule has 0 aliphatic carbocycles. The number of amides is 1. The van der Waals surface area contributed by atoms with Crippen molar-refractivity contribution in [2.75, 3.05) is 0 Å². The third-order valence-electron chi connectivity index (χ3n) is 4.05. The molecular weight excluding hydrogens is 340 g/mol. The van der Waals surface area contributed by atoms with Crippen molar-refractivity contribution in [1.82, 2.24) is 9.88 Å². The second-order valence-electron chi connectivity index (χ2n) is 6.06. The van der Waals surface area contributed by atoms with Gasteiger partial charge in [-0.25, -0.2) is 4.79 Å². The number of hydrogen-bond acceptors (Lipinski definition) is 3. The van der Waals surface area contributed by atoms with E-state index in [1.165, 1.54) is 10.1 Å². The number of aromatic nitrogens is 1. The van der Waals surface area contributed by atoms with Gasteiger partial charge in [0.1, 0.15) is 6.54 Å². The van der Waals surface area contributed by atoms with E-state index in [4.69, 9.17) is 16.0 Å². The molecule has 0 saturated heterocycles. The molecule has 0 radical (unpaired) electrons. The van der Waals surface area contributed by atoms with Crippen LogP contribution in [0.2, 0.25) is 5.02 Å². The Labute approximate surface area is 150 Å². The Morgan fingerprint density at radius 2 is 2.00 bits per heavy atom. The fourth-order valence-corrected chi connectivity index (χ4v) is 2.92. The van der Waals surface area contributed by atoms with Gasteiger partial charge >= 0.3 is 5.76 Å². The minimum atomic E-state index is -0.565. The number of carbonyl (C=O) groups excluding carboxylic acids is 1. The molecule has 0 spiro atoms. The molecule has 3 rings (SSSR count). The van der Waals surface area contributed by atoms with Crippen LogP contribution in [0, 0.1) is 0 Å². The summed E-state index contributed by atoms with van der Waals surface area (Å²) in [5.41, 5.74) is 2.17. The van der Waals surface area contributed by atoms with E-state index in [1.54, 1.807) is 18.2 Å². The highest BCUT2D eigenvalue weighted by Gasteiger charge is 2.14. The summed E-state index contributed by atoms with van der Waals surface area (Å²) < 4.78 is 6.43. The zero-order valence-corrected chi connectivity index (χ0v) is 14.6. The summed E-state index contributed by atoms with van der Waals surface area (Å²) in [6, 6.07) is 15.0. The first-order valence-electron chi connectivity index (χ1n) is 8.15. The summed E-state index contributed by atoms with van der Waals surface area (Å²) in [7, 11) is 0. The lowest BCUT2D eigenvalue weighted by Gasteiger charge is -2.14. The van der Waals surface area contributed by atoms with E-state index >= 15 is 0 Å². The highest BCUT2D eigenvalue weighted by Crippen LogP contribution is 2.18. The van der Waals surface area contributed by atoms with Crippen molar-refractivity contribution in [2.24, 2.45) is 0 Å². The van der Waals surface area contributed by atoms with Crippen LogP contribution in [0.1, 0.15) is 18.9 Å². The normalized spacial score (nSPS) is 12.2. The number of rotatable bonds is 6. The molecule has 3 aromatic rings. The van der Waals surface area contributed by atoms with Crippen molar-refractivity contribution in [1.29, 1.82) is 0 Å². The molecule has 1 aromatic heterocycles. The van der Waals surface area contributed by atoms with Crippen LogP contribution in [0.25, 0.3) is 11.1 Å². The minimum Gasteiger partial charge on any atom is -0.408 e. The molecule has 1 N–H and O–H groups in total. The molecule has 0 fully saturated rings. The van der Waals surface area contributed by atoms with Gasteiger partial charge in [-0.15, -0.1) is 0 Å². The highest BCUT2D eigenvalue weighted by molar-refractivity contribution is 6.31. The molecule has 0 aliphatic heterocycles. The summed E-state index contributed by atoms with van der Waals surface area (Å²) in [5, 5.41) is 3.41. The molecule has 1 atom stereocenters. The number of nitrogens with zero attached hydrogens (tertiary/aromatic N) is 1. The lowest BCUT2D eigenvalue weighted by atomic mass is 10.1. The maximum Gasteiger partial charge on any atom is 0.420 e. The van der Waals surface area contributed by atoms with Crippen LogP contribution in [0.3, 0.4) is 0 Å². The van der Waals surface area contributed by atoms with E-state index in [-0.39, 0.29) is 18.5 Å². The number of fused-ring (bicyclic) bond motifs is 1. The molecule has 1 heterocycles. The van der Waals surface area contributed by atoms with E-state index in [9.17, 15) is 9.59 Å². The van der Waals surface area contributed by atoms with Gasteiger partial charge in [0.25, 0.3) is 0 Å². The fourth-order valence-electron chi connectivity index (χ4n) is 2.75. The van der Waals surface area contributed by atoms with Crippen LogP contribution < -0.4 is 11.1 Å². The van der Waals surface area contributed by atoms with Gasteiger partial charge in [-0.05, 0) is 43.5 Å². The summed E-state index contributed by atoms with van der Waals surface area (Å²) in [5.74, 6) is -0.797. The standard InChI is InChI=1S/C19H19ClN2O3/c1-13(7-8-14-5-3-2-4-6-14)21-18(23)12-22-16-11-15(20)9-10-17(16)25-19(22)24/h2-6,9-11,13H,7-8,12H2,1H3,(H,21,23)/t13-/m0/s1. The van der Waals surface area contributed by atoms with E-state index < -0.39 is 5.76 Å². The number of carbonyl (C=O) groups is 1. The summed E-state index contributed by atoms with van der Waals surface area (Å²) >= 11 is 5.96. The fraction of sp³-hybridized carbons (Fsp3) is 0.263. The van der Waals surface area contributed by atoms with Crippen LogP contribution >= 0.6 is 11.6 Å². The largest absolute Gasteiger partial charge is 0.420 e. The van der Waals surface area contributed by atoms with E-state index in [0.29, 0.717) is 16.1 Å². The molecule has 0 bridgehead atoms. The van der Waals surface area contributed by atoms with Gasteiger partial charge < -0.3 is 9.73 Å². The maximum atomic E-state index is 12.3. The van der Waals surface area contributed by atoms with Crippen LogP contribution in [0.5, 0.6) is 0 Å². The maximum absolute atomic E-state index is 12.3. The van der Waals surface area contributed by atoms with Gasteiger partial charge in [-0.1, -0.05) is 41.9 Å². The zero-order valence-electron chi connectivity index (χ0n) is 13.9. The monoisotopic (exact) mass is 358 g/mol. The number of hydrogen-bond donors (Lipinski definition) is 1. The van der Waals surface area contributed by atoms with Crippen molar-refractivity contribution in [2.45, 2.75) is 32.4 Å². The molecule has 0 aliphatic rings. The van der Waals surface area contributed by atoms with Crippen molar-refractivity contribution in [3.8, 4) is 0 Å². The van der Waals surface area contributed by atoms with E-state index in [0.717, 1.165) is 12.8 Å². The van der Waals surface area contributed by atoms with Gasteiger partial charge in [0, 0.05) is 11.1 Å². The SMILES string of the molecule is C[C@@H](CCc1ccccc1)NC(=O)Cn1c(=O)oc2ccc(Cl)cc21. The van der Waals surface area contributed by atoms with Crippen molar-refractivity contribution in [3.63, 3.8) is 0 Å². The molecule has 5 nitrogen and oxygen atoms in total. The van der Waals surface area contributed by atoms with Crippen molar-refractivity contribution < 1.29 is 9.21 Å². The Morgan fingerprint density at radius 3 is 2.76 bits per heavy atom. The van der Waals surface area contributed by atoms with Crippen molar-refractivity contribution in [3.05, 3.63) is 69.7 Å². The Kier molecular flexibility index (Phi) is 5.24. The van der Waals surface area contributed by atoms with Gasteiger partial charge in [0.15, 0.2) is 5.58 Å². The minimum absolute atomic E-state index is 0.00478. The number of nitrogens with one attached hydrogen (secondary N) is 1. The van der Waals surface area contributed by atoms with Crippen LogP contribution in [-0.4, -0.2) is 16.5 Å². The van der Waals surface area contributed by atoms with Crippen LogP contribution in [0.4, 0.5) is 0 Å². The van der Waals surface area contributed by atoms with Crippen LogP contribution in [0.15, 0.2) is 57.7 Å². The number of halogens is 1. The van der Waals surface area contributed by atoms with Gasteiger partial charge in [-0.3, -0.25) is 9.36 Å². The smallest absolute Gasteiger partial charge is 0.408 e. The Balaban J connectivity index is 1.62. The summed E-state index contributed by atoms with van der Waals surface area (Å²) in [6.45, 7) is 1.86. The molecule has 0 saturated carbocycles. The number of benzene rings is 2. The third-order valence-corrected chi connectivity index (χ3v) is 4.28. The van der Waals surface area contributed by atoms with Gasteiger partial charge in [0.05, 0.1) is 5.52 Å². The molecule has 130 valence electrons. The second-order valence-corrected chi connectivity index (χ2v) is 6.50. The Bertz CT molecular complexity index is 931. The molecule has 6 heteroatoms. The number of oxazole rings is 1. The first-order valence-corrected chi connectivity index (χ1v) is 8.53. The van der Waals surface area contributed by atoms with E-state index in [1.807, 2.05) is 25.1 Å². The van der Waals surface area contributed by atoms with E-state index in [2.05, 4.69) is 17.4 Å². The highest BCUT2D eigenvalue weighted by atomic mass is 35.5. The zero-order chi connectivity index (χ0) is 17.8. The molecule has 2 aromatic carbocycles. The predicted octanol–water partition coefficient (Wildman–Crippen LogP) is 3.39. The Hall–Kier alpha value is -2.53. The third kappa shape index (κ3) is 4.31. The Morgan fingerprint density at radius 1 is 1.24 bits per heavy atom. The van der Waals surface area contributed by atoms with Crippen molar-refractivity contribution >= 4 is 28.6 Å². The molecule has 1 amide bonds. The quantitative estimate of drug-likeness (QED) is 0.734. The lowest BCUT2D eigenvalue weighted by Crippen LogP contribution is -2.37. The first kappa shape index (κ1) is 17.3. The summed E-state index contributed by atoms with van der Waals surface area (Å²) in [4.78, 5) is 24.2. The second kappa shape index (κ2) is 7.57. The summed E-state index contributed by atoms with van der Waals surface area (Å²) in [6.07, 6.45) is 1.70. The topological polar surface area (TPSA) is 64.2 Å². The van der Waals surface area contributed by atoms with Gasteiger partial charge in [-0.2, -0.15) is 0 Å². The average Bonchev–Trinajstić information content (AvgIpc) is 2.89. The predicted molar refractivity (Wildman–Crippen MR) is 97.9 cm³/mol. The number of aryl methyl sites for hydroxylation is 1. The molecule has 25 heavy (non-hydrogen) atoms. The average molecular weight is 359 g/mol. The molecule has 0 unspecified atom stereocenters. The van der Waals surface area contributed by atoms with Gasteiger partial charge in [0.2, 0.25) is 5.91 Å². The lowest BCUT2D eigenvalue weighted by molar-refractivity contribution is -0.122. The van der Waals surface area contributed by atoms with Crippen LogP contribution in [-0.2, 0) is 17.8 Å². The molecular formula is C19H19ClN2O3.